The zero-order chi connectivity index (χ0) is 13.0. The molecule has 0 amide bonds. The number of hydrogen-bond donors (Lipinski definition) is 0. The van der Waals surface area contributed by atoms with Crippen molar-refractivity contribution in [3.8, 4) is 0 Å². The lowest BCUT2D eigenvalue weighted by Gasteiger charge is -2.25. The van der Waals surface area contributed by atoms with Gasteiger partial charge in [0.05, 0.1) is 12.2 Å². The molecule has 2 unspecified atom stereocenters. The molecule has 0 N–H and O–H groups in total. The van der Waals surface area contributed by atoms with Gasteiger partial charge in [-0.2, -0.15) is 0 Å². The quantitative estimate of drug-likeness (QED) is 0.789. The zero-order valence-electron chi connectivity index (χ0n) is 11.4. The van der Waals surface area contributed by atoms with Crippen LogP contribution in [0.2, 0.25) is 0 Å². The summed E-state index contributed by atoms with van der Waals surface area (Å²) in [5.41, 5.74) is 1.30. The molecule has 2 heteroatoms. The summed E-state index contributed by atoms with van der Waals surface area (Å²) in [4.78, 5) is 0. The highest BCUT2D eigenvalue weighted by Gasteiger charge is 2.44. The Morgan fingerprint density at radius 2 is 1.67 bits per heavy atom. The second-order valence-electron chi connectivity index (χ2n) is 4.91. The Kier molecular flexibility index (Phi) is 4.41. The molecule has 99 valence electrons. The molecule has 1 aliphatic rings. The summed E-state index contributed by atoms with van der Waals surface area (Å²) in [6.45, 7) is 8.23. The minimum atomic E-state index is -0.387. The third-order valence-electron chi connectivity index (χ3n) is 3.79. The average molecular weight is 247 g/mol. The van der Waals surface area contributed by atoms with Gasteiger partial charge in [0, 0.05) is 6.42 Å². The van der Waals surface area contributed by atoms with Crippen LogP contribution in [-0.4, -0.2) is 18.0 Å². The Labute approximate surface area is 110 Å². The van der Waals surface area contributed by atoms with E-state index < -0.39 is 0 Å². The van der Waals surface area contributed by atoms with Crippen molar-refractivity contribution in [2.45, 2.75) is 57.5 Å². The summed E-state index contributed by atoms with van der Waals surface area (Å²) < 4.78 is 12.3. The van der Waals surface area contributed by atoms with Crippen LogP contribution in [0, 0.1) is 6.92 Å². The number of ether oxygens (including phenoxy) is 2. The highest BCUT2D eigenvalue weighted by Crippen LogP contribution is 2.36. The maximum atomic E-state index is 6.19. The van der Waals surface area contributed by atoms with Crippen LogP contribution in [0.3, 0.4) is 0 Å². The molecule has 0 spiro atoms. The van der Waals surface area contributed by atoms with E-state index in [2.05, 4.69) is 45.0 Å². The summed E-state index contributed by atoms with van der Waals surface area (Å²) in [5, 5.41) is 0. The first-order chi connectivity index (χ1) is 8.73. The van der Waals surface area contributed by atoms with Crippen LogP contribution < -0.4 is 0 Å². The van der Waals surface area contributed by atoms with E-state index in [1.54, 1.807) is 0 Å². The third-order valence-corrected chi connectivity index (χ3v) is 3.79. The first kappa shape index (κ1) is 13.6. The molecule has 0 aromatic heterocycles. The fourth-order valence-electron chi connectivity index (χ4n) is 2.58. The molecule has 1 aromatic carbocycles. The number of rotatable bonds is 5. The highest BCUT2D eigenvalue weighted by molar-refractivity contribution is 5.16. The fourth-order valence-corrected chi connectivity index (χ4v) is 2.58. The molecule has 2 nitrogen and oxygen atoms in total. The molecule has 0 bridgehead atoms. The van der Waals surface area contributed by atoms with Gasteiger partial charge in [-0.15, -0.1) is 0 Å². The fraction of sp³-hybridized carbons (Fsp3) is 0.562. The molecule has 2 atom stereocenters. The van der Waals surface area contributed by atoms with E-state index in [0.29, 0.717) is 0 Å². The summed E-state index contributed by atoms with van der Waals surface area (Å²) in [6.07, 6.45) is 3.70. The standard InChI is InChI=1S/C16H23O2/c1-4-14-15(12-13-10-8-7-9-11-13)18-16(5-2,6-3)17-14/h7-11,14-15H,1,4-6,12H2,2-3H3. The average Bonchev–Trinajstić information content (AvgIpc) is 2.79. The van der Waals surface area contributed by atoms with Crippen molar-refractivity contribution >= 4 is 0 Å². The minimum Gasteiger partial charge on any atom is -0.344 e. The van der Waals surface area contributed by atoms with Gasteiger partial charge in [-0.3, -0.25) is 0 Å². The van der Waals surface area contributed by atoms with Crippen molar-refractivity contribution in [2.75, 3.05) is 0 Å². The Bertz CT molecular complexity index is 357. The van der Waals surface area contributed by atoms with Crippen LogP contribution in [0.1, 0.15) is 38.7 Å². The minimum absolute atomic E-state index is 0.116. The van der Waals surface area contributed by atoms with Crippen molar-refractivity contribution in [2.24, 2.45) is 0 Å². The van der Waals surface area contributed by atoms with Gasteiger partial charge in [0.2, 0.25) is 0 Å². The van der Waals surface area contributed by atoms with E-state index in [-0.39, 0.29) is 18.0 Å². The van der Waals surface area contributed by atoms with E-state index in [1.807, 2.05) is 6.07 Å². The second-order valence-corrected chi connectivity index (χ2v) is 4.91. The summed E-state index contributed by atoms with van der Waals surface area (Å²) in [6, 6.07) is 10.5. The largest absolute Gasteiger partial charge is 0.344 e. The molecule has 0 saturated carbocycles. The Balaban J connectivity index is 2.08. The molecule has 1 aromatic rings. The lowest BCUT2D eigenvalue weighted by atomic mass is 10.0. The van der Waals surface area contributed by atoms with Crippen LogP contribution in [0.25, 0.3) is 0 Å². The molecule has 0 aliphatic carbocycles. The van der Waals surface area contributed by atoms with Gasteiger partial charge >= 0.3 is 0 Å². The smallest absolute Gasteiger partial charge is 0.168 e. The Hall–Kier alpha value is -0.860. The molecular formula is C16H23O2. The molecular weight excluding hydrogens is 224 g/mol. The van der Waals surface area contributed by atoms with Crippen LogP contribution >= 0.6 is 0 Å². The number of hydrogen-bond acceptors (Lipinski definition) is 2. The van der Waals surface area contributed by atoms with Crippen molar-refractivity contribution in [1.82, 2.24) is 0 Å². The van der Waals surface area contributed by atoms with Gasteiger partial charge in [-0.1, -0.05) is 51.1 Å². The second kappa shape index (κ2) is 5.85. The summed E-state index contributed by atoms with van der Waals surface area (Å²) in [7, 11) is 0. The predicted octanol–water partition coefficient (Wildman–Crippen LogP) is 3.75. The molecule has 2 rings (SSSR count). The lowest BCUT2D eigenvalue weighted by Crippen LogP contribution is -2.29. The molecule has 1 aliphatic heterocycles. The monoisotopic (exact) mass is 247 g/mol. The maximum Gasteiger partial charge on any atom is 0.168 e. The topological polar surface area (TPSA) is 18.5 Å². The van der Waals surface area contributed by atoms with Crippen LogP contribution in [0.5, 0.6) is 0 Å². The van der Waals surface area contributed by atoms with Gasteiger partial charge in [0.15, 0.2) is 5.79 Å². The van der Waals surface area contributed by atoms with Crippen molar-refractivity contribution in [1.29, 1.82) is 0 Å². The molecule has 1 fully saturated rings. The number of benzene rings is 1. The zero-order valence-corrected chi connectivity index (χ0v) is 11.4. The van der Waals surface area contributed by atoms with Crippen LogP contribution in [0.4, 0.5) is 0 Å². The van der Waals surface area contributed by atoms with E-state index in [4.69, 9.17) is 9.47 Å². The first-order valence-electron chi connectivity index (χ1n) is 6.92. The van der Waals surface area contributed by atoms with Crippen molar-refractivity contribution in [3.63, 3.8) is 0 Å². The molecule has 1 radical (unpaired) electrons. The molecule has 18 heavy (non-hydrogen) atoms. The Morgan fingerprint density at radius 3 is 2.22 bits per heavy atom. The third kappa shape index (κ3) is 2.76. The lowest BCUT2D eigenvalue weighted by molar-refractivity contribution is -0.178. The van der Waals surface area contributed by atoms with Gasteiger partial charge in [-0.05, 0) is 24.8 Å². The van der Waals surface area contributed by atoms with Crippen LogP contribution in [0.15, 0.2) is 30.3 Å². The highest BCUT2D eigenvalue weighted by atomic mass is 16.8. The molecule has 1 saturated heterocycles. The van der Waals surface area contributed by atoms with Crippen molar-refractivity contribution < 1.29 is 9.47 Å². The van der Waals surface area contributed by atoms with Gasteiger partial charge in [-0.25, -0.2) is 0 Å². The molecule has 1 heterocycles. The predicted molar refractivity (Wildman–Crippen MR) is 73.2 cm³/mol. The van der Waals surface area contributed by atoms with Gasteiger partial charge < -0.3 is 9.47 Å². The normalized spacial score (nSPS) is 26.4. The van der Waals surface area contributed by atoms with Crippen molar-refractivity contribution in [3.05, 3.63) is 42.8 Å². The summed E-state index contributed by atoms with van der Waals surface area (Å²) in [5.74, 6) is -0.387. The first-order valence-corrected chi connectivity index (χ1v) is 6.92. The summed E-state index contributed by atoms with van der Waals surface area (Å²) >= 11 is 0. The van der Waals surface area contributed by atoms with E-state index in [1.165, 1.54) is 5.56 Å². The van der Waals surface area contributed by atoms with E-state index in [0.717, 1.165) is 25.7 Å². The van der Waals surface area contributed by atoms with Gasteiger partial charge in [0.25, 0.3) is 0 Å². The van der Waals surface area contributed by atoms with Gasteiger partial charge in [0.1, 0.15) is 0 Å². The van der Waals surface area contributed by atoms with E-state index >= 15 is 0 Å². The van der Waals surface area contributed by atoms with E-state index in [9.17, 15) is 0 Å². The maximum absolute atomic E-state index is 6.19. The SMILES string of the molecule is [CH2]CC1OC(CC)(CC)OC1Cc1ccccc1. The Morgan fingerprint density at radius 1 is 1.06 bits per heavy atom. The van der Waals surface area contributed by atoms with Crippen LogP contribution in [-0.2, 0) is 15.9 Å².